The van der Waals surface area contributed by atoms with Gasteiger partial charge >= 0.3 is 0 Å². The number of H-pyrrole nitrogens is 1. The van der Waals surface area contributed by atoms with Crippen LogP contribution in [0.1, 0.15) is 5.56 Å². The molecule has 0 aliphatic rings. The molecule has 90 valence electrons. The van der Waals surface area contributed by atoms with Crippen LogP contribution in [-0.4, -0.2) is 9.55 Å². The fourth-order valence-corrected chi connectivity index (χ4v) is 2.62. The summed E-state index contributed by atoms with van der Waals surface area (Å²) < 4.78 is 2.70. The highest BCUT2D eigenvalue weighted by molar-refractivity contribution is 7.71. The maximum atomic E-state index is 6.20. The lowest BCUT2D eigenvalue weighted by atomic mass is 10.2. The zero-order valence-corrected chi connectivity index (χ0v) is 11.3. The van der Waals surface area contributed by atoms with Crippen molar-refractivity contribution in [3.8, 4) is 5.69 Å². The third-order valence-electron chi connectivity index (χ3n) is 3.05. The Morgan fingerprint density at radius 3 is 2.56 bits per heavy atom. The van der Waals surface area contributed by atoms with Gasteiger partial charge in [-0.05, 0) is 49.0 Å². The third-order valence-corrected chi connectivity index (χ3v) is 3.74. The second-order valence-corrected chi connectivity index (χ2v) is 4.96. The van der Waals surface area contributed by atoms with Crippen molar-refractivity contribution < 1.29 is 0 Å². The maximum absolute atomic E-state index is 6.20. The van der Waals surface area contributed by atoms with E-state index in [-0.39, 0.29) is 0 Å². The van der Waals surface area contributed by atoms with Crippen LogP contribution in [0.4, 0.5) is 0 Å². The van der Waals surface area contributed by atoms with Gasteiger partial charge in [-0.25, -0.2) is 0 Å². The number of aryl methyl sites for hydroxylation is 1. The van der Waals surface area contributed by atoms with E-state index in [0.717, 1.165) is 27.3 Å². The molecule has 1 N–H and O–H groups in total. The van der Waals surface area contributed by atoms with Crippen molar-refractivity contribution in [2.24, 2.45) is 0 Å². The molecule has 3 rings (SSSR count). The molecule has 0 amide bonds. The van der Waals surface area contributed by atoms with Crippen molar-refractivity contribution in [3.63, 3.8) is 0 Å². The molecule has 0 spiro atoms. The van der Waals surface area contributed by atoms with Gasteiger partial charge in [0.1, 0.15) is 0 Å². The summed E-state index contributed by atoms with van der Waals surface area (Å²) in [7, 11) is 0. The minimum absolute atomic E-state index is 0.682. The summed E-state index contributed by atoms with van der Waals surface area (Å²) in [6, 6.07) is 13.9. The SMILES string of the molecule is Cc1c(Cl)ccc2[nH]c(=S)n(-c3ccccc3)c12. The quantitative estimate of drug-likeness (QED) is 0.641. The normalized spacial score (nSPS) is 11.0. The predicted octanol–water partition coefficient (Wildman–Crippen LogP) is 4.65. The molecule has 3 aromatic rings. The van der Waals surface area contributed by atoms with E-state index in [1.165, 1.54) is 0 Å². The fourth-order valence-electron chi connectivity index (χ4n) is 2.16. The van der Waals surface area contributed by atoms with Gasteiger partial charge in [0.25, 0.3) is 0 Å². The molecule has 0 saturated carbocycles. The number of aromatic amines is 1. The van der Waals surface area contributed by atoms with E-state index in [1.54, 1.807) is 0 Å². The molecule has 0 radical (unpaired) electrons. The van der Waals surface area contributed by atoms with Crippen LogP contribution in [0.15, 0.2) is 42.5 Å². The fraction of sp³-hybridized carbons (Fsp3) is 0.0714. The highest BCUT2D eigenvalue weighted by atomic mass is 35.5. The lowest BCUT2D eigenvalue weighted by molar-refractivity contribution is 1.06. The Morgan fingerprint density at radius 2 is 1.83 bits per heavy atom. The maximum Gasteiger partial charge on any atom is 0.182 e. The van der Waals surface area contributed by atoms with Crippen molar-refractivity contribution in [3.05, 3.63) is 57.8 Å². The van der Waals surface area contributed by atoms with E-state index in [9.17, 15) is 0 Å². The number of hydrogen-bond acceptors (Lipinski definition) is 1. The van der Waals surface area contributed by atoms with Crippen LogP contribution in [0.2, 0.25) is 5.02 Å². The Bertz CT molecular complexity index is 772. The molecule has 0 unspecified atom stereocenters. The molecule has 2 aromatic carbocycles. The van der Waals surface area contributed by atoms with Gasteiger partial charge in [-0.15, -0.1) is 0 Å². The van der Waals surface area contributed by atoms with Crippen LogP contribution in [0, 0.1) is 11.7 Å². The molecule has 0 atom stereocenters. The standard InChI is InChI=1S/C14H11ClN2S/c1-9-11(15)7-8-12-13(9)17(14(18)16-12)10-5-3-2-4-6-10/h2-8H,1H3,(H,16,18). The van der Waals surface area contributed by atoms with E-state index in [1.807, 2.05) is 54.0 Å². The minimum Gasteiger partial charge on any atom is -0.330 e. The molecular formula is C14H11ClN2S. The molecule has 0 aliphatic heterocycles. The number of benzene rings is 2. The smallest absolute Gasteiger partial charge is 0.182 e. The number of nitrogens with one attached hydrogen (secondary N) is 1. The first kappa shape index (κ1) is 11.5. The van der Waals surface area contributed by atoms with E-state index in [2.05, 4.69) is 4.98 Å². The van der Waals surface area contributed by atoms with E-state index < -0.39 is 0 Å². The lowest BCUT2D eigenvalue weighted by Gasteiger charge is -2.07. The van der Waals surface area contributed by atoms with Crippen molar-refractivity contribution in [1.82, 2.24) is 9.55 Å². The number of halogens is 1. The van der Waals surface area contributed by atoms with Crippen LogP contribution in [0.5, 0.6) is 0 Å². The highest BCUT2D eigenvalue weighted by Crippen LogP contribution is 2.27. The lowest BCUT2D eigenvalue weighted by Crippen LogP contribution is -1.95. The zero-order chi connectivity index (χ0) is 12.7. The molecule has 0 saturated heterocycles. The number of rotatable bonds is 1. The van der Waals surface area contributed by atoms with Gasteiger partial charge in [0.05, 0.1) is 11.0 Å². The molecule has 1 aromatic heterocycles. The molecule has 0 aliphatic carbocycles. The van der Waals surface area contributed by atoms with Gasteiger partial charge in [-0.3, -0.25) is 4.57 Å². The Balaban J connectivity index is 2.46. The molecule has 0 bridgehead atoms. The summed E-state index contributed by atoms with van der Waals surface area (Å²) in [6.07, 6.45) is 0. The summed E-state index contributed by atoms with van der Waals surface area (Å²) >= 11 is 11.6. The predicted molar refractivity (Wildman–Crippen MR) is 78.2 cm³/mol. The number of aromatic nitrogens is 2. The van der Waals surface area contributed by atoms with Crippen molar-refractivity contribution in [2.45, 2.75) is 6.92 Å². The average Bonchev–Trinajstić information content (AvgIpc) is 2.72. The Morgan fingerprint density at radius 1 is 1.11 bits per heavy atom. The molecule has 1 heterocycles. The Hall–Kier alpha value is -1.58. The first-order valence-corrected chi connectivity index (χ1v) is 6.42. The summed E-state index contributed by atoms with van der Waals surface area (Å²) in [5.74, 6) is 0. The monoisotopic (exact) mass is 274 g/mol. The van der Waals surface area contributed by atoms with Gasteiger partial charge < -0.3 is 4.98 Å². The third kappa shape index (κ3) is 1.67. The van der Waals surface area contributed by atoms with Gasteiger partial charge in [0.2, 0.25) is 0 Å². The average molecular weight is 275 g/mol. The van der Waals surface area contributed by atoms with Crippen molar-refractivity contribution in [2.75, 3.05) is 0 Å². The molecule has 18 heavy (non-hydrogen) atoms. The van der Waals surface area contributed by atoms with E-state index in [0.29, 0.717) is 4.77 Å². The number of fused-ring (bicyclic) bond motifs is 1. The second kappa shape index (κ2) is 4.26. The Labute approximate surface area is 115 Å². The van der Waals surface area contributed by atoms with E-state index in [4.69, 9.17) is 23.8 Å². The summed E-state index contributed by atoms with van der Waals surface area (Å²) in [5.41, 5.74) is 4.12. The summed E-state index contributed by atoms with van der Waals surface area (Å²) in [6.45, 7) is 2.01. The summed E-state index contributed by atoms with van der Waals surface area (Å²) in [5, 5.41) is 0.751. The Kier molecular flexibility index (Phi) is 2.73. The largest absolute Gasteiger partial charge is 0.330 e. The number of para-hydroxylation sites is 1. The highest BCUT2D eigenvalue weighted by Gasteiger charge is 2.10. The van der Waals surface area contributed by atoms with E-state index >= 15 is 0 Å². The molecule has 4 heteroatoms. The van der Waals surface area contributed by atoms with Crippen LogP contribution in [0.25, 0.3) is 16.7 Å². The van der Waals surface area contributed by atoms with Crippen LogP contribution in [-0.2, 0) is 0 Å². The van der Waals surface area contributed by atoms with Gasteiger partial charge in [0.15, 0.2) is 4.77 Å². The number of nitrogens with zero attached hydrogens (tertiary/aromatic N) is 1. The van der Waals surface area contributed by atoms with Crippen LogP contribution in [0.3, 0.4) is 0 Å². The second-order valence-electron chi connectivity index (χ2n) is 4.17. The molecule has 2 nitrogen and oxygen atoms in total. The van der Waals surface area contributed by atoms with Gasteiger partial charge in [0, 0.05) is 10.7 Å². The number of hydrogen-bond donors (Lipinski definition) is 1. The topological polar surface area (TPSA) is 20.7 Å². The zero-order valence-electron chi connectivity index (χ0n) is 9.77. The van der Waals surface area contributed by atoms with Crippen LogP contribution < -0.4 is 0 Å². The minimum atomic E-state index is 0.682. The van der Waals surface area contributed by atoms with Crippen molar-refractivity contribution in [1.29, 1.82) is 0 Å². The van der Waals surface area contributed by atoms with Gasteiger partial charge in [-0.2, -0.15) is 0 Å². The molecule has 0 fully saturated rings. The van der Waals surface area contributed by atoms with Crippen molar-refractivity contribution >= 4 is 34.9 Å². The summed E-state index contributed by atoms with van der Waals surface area (Å²) in [4.78, 5) is 3.21. The first-order chi connectivity index (χ1) is 8.68. The molecular weight excluding hydrogens is 264 g/mol. The van der Waals surface area contributed by atoms with Gasteiger partial charge in [-0.1, -0.05) is 29.8 Å². The first-order valence-electron chi connectivity index (χ1n) is 5.64. The number of imidazole rings is 1. The van der Waals surface area contributed by atoms with Crippen LogP contribution >= 0.6 is 23.8 Å².